The lowest BCUT2D eigenvalue weighted by molar-refractivity contribution is -0.118. The highest BCUT2D eigenvalue weighted by molar-refractivity contribution is 7.89. The van der Waals surface area contributed by atoms with Crippen LogP contribution in [0.1, 0.15) is 18.5 Å². The molecular formula is C16H15FN2O4S. The molecule has 0 spiro atoms. The number of sulfonamides is 1. The zero-order chi connectivity index (χ0) is 17.3. The fourth-order valence-corrected chi connectivity index (χ4v) is 3.61. The van der Waals surface area contributed by atoms with Crippen molar-refractivity contribution in [3.63, 3.8) is 0 Å². The summed E-state index contributed by atoms with van der Waals surface area (Å²) in [6.07, 6.45) is 0. The van der Waals surface area contributed by atoms with Crippen molar-refractivity contribution in [1.82, 2.24) is 4.72 Å². The van der Waals surface area contributed by atoms with E-state index in [1.165, 1.54) is 42.5 Å². The summed E-state index contributed by atoms with van der Waals surface area (Å²) in [5.41, 5.74) is 0.943. The second-order valence-corrected chi connectivity index (χ2v) is 7.10. The smallest absolute Gasteiger partial charge is 0.262 e. The van der Waals surface area contributed by atoms with E-state index in [4.69, 9.17) is 4.74 Å². The van der Waals surface area contributed by atoms with Crippen LogP contribution in [0.5, 0.6) is 5.75 Å². The Labute approximate surface area is 138 Å². The molecule has 6 nitrogen and oxygen atoms in total. The molecule has 0 fully saturated rings. The van der Waals surface area contributed by atoms with E-state index in [1.54, 1.807) is 6.92 Å². The van der Waals surface area contributed by atoms with Gasteiger partial charge in [0.2, 0.25) is 10.0 Å². The number of anilines is 1. The van der Waals surface area contributed by atoms with E-state index in [2.05, 4.69) is 10.0 Å². The van der Waals surface area contributed by atoms with Crippen LogP contribution in [0.15, 0.2) is 47.4 Å². The van der Waals surface area contributed by atoms with Gasteiger partial charge in [0.1, 0.15) is 11.6 Å². The summed E-state index contributed by atoms with van der Waals surface area (Å²) in [5.74, 6) is -0.316. The number of carbonyl (C=O) groups is 1. The maximum Gasteiger partial charge on any atom is 0.262 e. The molecule has 1 aliphatic rings. The number of carbonyl (C=O) groups excluding carboxylic acids is 1. The lowest BCUT2D eigenvalue weighted by atomic mass is 10.1. The van der Waals surface area contributed by atoms with Gasteiger partial charge in [0.15, 0.2) is 6.61 Å². The molecule has 0 bridgehead atoms. The van der Waals surface area contributed by atoms with Crippen LogP contribution < -0.4 is 14.8 Å². The lowest BCUT2D eigenvalue weighted by Crippen LogP contribution is -2.28. The Kier molecular flexibility index (Phi) is 4.25. The van der Waals surface area contributed by atoms with E-state index in [9.17, 15) is 17.6 Å². The normalized spacial score (nSPS) is 15.2. The van der Waals surface area contributed by atoms with E-state index in [1.807, 2.05) is 0 Å². The summed E-state index contributed by atoms with van der Waals surface area (Å²) in [5, 5.41) is 2.57. The largest absolute Gasteiger partial charge is 0.482 e. The Morgan fingerprint density at radius 3 is 2.62 bits per heavy atom. The molecule has 1 amide bonds. The van der Waals surface area contributed by atoms with E-state index in [-0.39, 0.29) is 23.2 Å². The number of nitrogens with one attached hydrogen (secondary N) is 2. The van der Waals surface area contributed by atoms with Crippen molar-refractivity contribution in [2.75, 3.05) is 11.9 Å². The fourth-order valence-electron chi connectivity index (χ4n) is 2.35. The van der Waals surface area contributed by atoms with Crippen molar-refractivity contribution in [1.29, 1.82) is 0 Å². The quantitative estimate of drug-likeness (QED) is 0.885. The molecule has 1 atom stereocenters. The third kappa shape index (κ3) is 3.39. The van der Waals surface area contributed by atoms with Crippen molar-refractivity contribution in [2.45, 2.75) is 17.9 Å². The van der Waals surface area contributed by atoms with Crippen LogP contribution in [-0.2, 0) is 14.8 Å². The van der Waals surface area contributed by atoms with Gasteiger partial charge < -0.3 is 10.1 Å². The number of halogens is 1. The molecule has 126 valence electrons. The number of fused-ring (bicyclic) bond motifs is 1. The molecule has 8 heteroatoms. The molecule has 0 saturated carbocycles. The Balaban J connectivity index is 1.84. The van der Waals surface area contributed by atoms with Crippen molar-refractivity contribution < 1.29 is 22.3 Å². The number of ether oxygens (including phenoxy) is 1. The zero-order valence-electron chi connectivity index (χ0n) is 12.7. The Morgan fingerprint density at radius 1 is 1.21 bits per heavy atom. The summed E-state index contributed by atoms with van der Waals surface area (Å²) in [6, 6.07) is 9.26. The molecular weight excluding hydrogens is 335 g/mol. The van der Waals surface area contributed by atoms with E-state index >= 15 is 0 Å². The van der Waals surface area contributed by atoms with Gasteiger partial charge in [0.25, 0.3) is 5.91 Å². The molecule has 2 aromatic rings. The summed E-state index contributed by atoms with van der Waals surface area (Å²) in [4.78, 5) is 11.3. The molecule has 1 unspecified atom stereocenters. The van der Waals surface area contributed by atoms with Crippen molar-refractivity contribution in [3.8, 4) is 5.75 Å². The minimum Gasteiger partial charge on any atom is -0.482 e. The van der Waals surface area contributed by atoms with Crippen LogP contribution in [0.25, 0.3) is 0 Å². The van der Waals surface area contributed by atoms with Gasteiger partial charge in [-0.25, -0.2) is 17.5 Å². The minimum atomic E-state index is -3.82. The highest BCUT2D eigenvalue weighted by Crippen LogP contribution is 2.30. The Bertz CT molecular complexity index is 881. The first-order chi connectivity index (χ1) is 11.3. The third-order valence-electron chi connectivity index (χ3n) is 3.60. The van der Waals surface area contributed by atoms with Gasteiger partial charge in [-0.05, 0) is 42.8 Å². The first-order valence-electron chi connectivity index (χ1n) is 7.20. The van der Waals surface area contributed by atoms with Crippen LogP contribution in [0.2, 0.25) is 0 Å². The molecule has 1 aliphatic heterocycles. The summed E-state index contributed by atoms with van der Waals surface area (Å²) < 4.78 is 45.7. The van der Waals surface area contributed by atoms with Gasteiger partial charge in [0, 0.05) is 6.04 Å². The minimum absolute atomic E-state index is 0.000937. The second kappa shape index (κ2) is 6.21. The molecule has 0 aromatic heterocycles. The third-order valence-corrected chi connectivity index (χ3v) is 5.13. The lowest BCUT2D eigenvalue weighted by Gasteiger charge is -2.19. The van der Waals surface area contributed by atoms with Crippen molar-refractivity contribution in [3.05, 3.63) is 53.8 Å². The topological polar surface area (TPSA) is 84.5 Å². The molecule has 0 radical (unpaired) electrons. The molecule has 24 heavy (non-hydrogen) atoms. The standard InChI is InChI=1S/C16H15FN2O4S/c1-10(11-2-4-12(17)5-3-11)19-24(21,22)13-6-7-15-14(8-13)18-16(20)9-23-15/h2-8,10,19H,9H2,1H3,(H,18,20). The summed E-state index contributed by atoms with van der Waals surface area (Å²) >= 11 is 0. The molecule has 2 N–H and O–H groups in total. The maximum absolute atomic E-state index is 13.0. The SMILES string of the molecule is CC(NS(=O)(=O)c1ccc2c(c1)NC(=O)CO2)c1ccc(F)cc1. The molecule has 0 aliphatic carbocycles. The number of amides is 1. The van der Waals surface area contributed by atoms with Crippen molar-refractivity contribution >= 4 is 21.6 Å². The molecule has 3 rings (SSSR count). The highest BCUT2D eigenvalue weighted by atomic mass is 32.2. The molecule has 1 heterocycles. The first kappa shape index (κ1) is 16.4. The zero-order valence-corrected chi connectivity index (χ0v) is 13.6. The number of rotatable bonds is 4. The van der Waals surface area contributed by atoms with Gasteiger partial charge in [-0.3, -0.25) is 4.79 Å². The average molecular weight is 350 g/mol. The average Bonchev–Trinajstić information content (AvgIpc) is 2.54. The van der Waals surface area contributed by atoms with Crippen LogP contribution in [0, 0.1) is 5.82 Å². The maximum atomic E-state index is 13.0. The van der Waals surface area contributed by atoms with Crippen molar-refractivity contribution in [2.24, 2.45) is 0 Å². The summed E-state index contributed by atoms with van der Waals surface area (Å²) in [6.45, 7) is 1.56. The number of benzene rings is 2. The van der Waals surface area contributed by atoms with Crippen LogP contribution in [0.4, 0.5) is 10.1 Å². The van der Waals surface area contributed by atoms with Gasteiger partial charge in [0.05, 0.1) is 10.6 Å². The predicted molar refractivity (Wildman–Crippen MR) is 85.7 cm³/mol. The van der Waals surface area contributed by atoms with E-state index in [0.717, 1.165) is 0 Å². The van der Waals surface area contributed by atoms with Crippen LogP contribution in [0.3, 0.4) is 0 Å². The predicted octanol–water partition coefficient (Wildman–Crippen LogP) is 2.20. The van der Waals surface area contributed by atoms with Gasteiger partial charge >= 0.3 is 0 Å². The van der Waals surface area contributed by atoms with Gasteiger partial charge in [-0.15, -0.1) is 0 Å². The first-order valence-corrected chi connectivity index (χ1v) is 8.68. The van der Waals surface area contributed by atoms with Gasteiger partial charge in [-0.2, -0.15) is 0 Å². The van der Waals surface area contributed by atoms with Crippen LogP contribution in [-0.4, -0.2) is 20.9 Å². The monoisotopic (exact) mass is 350 g/mol. The second-order valence-electron chi connectivity index (χ2n) is 5.39. The van der Waals surface area contributed by atoms with Gasteiger partial charge in [-0.1, -0.05) is 12.1 Å². The summed E-state index contributed by atoms with van der Waals surface area (Å²) in [7, 11) is -3.82. The molecule has 2 aromatic carbocycles. The fraction of sp³-hybridized carbons (Fsp3) is 0.188. The number of hydrogen-bond donors (Lipinski definition) is 2. The highest BCUT2D eigenvalue weighted by Gasteiger charge is 2.22. The molecule has 0 saturated heterocycles. The van der Waals surface area contributed by atoms with Crippen LogP contribution >= 0.6 is 0 Å². The Hall–Kier alpha value is -2.45. The Morgan fingerprint density at radius 2 is 1.92 bits per heavy atom. The van der Waals surface area contributed by atoms with E-state index in [0.29, 0.717) is 17.0 Å². The van der Waals surface area contributed by atoms with E-state index < -0.39 is 16.1 Å². The number of hydrogen-bond acceptors (Lipinski definition) is 4.